The van der Waals surface area contributed by atoms with Gasteiger partial charge in [0.2, 0.25) is 0 Å². The molecule has 1 aliphatic carbocycles. The molecule has 0 saturated heterocycles. The van der Waals surface area contributed by atoms with Gasteiger partial charge in [0.05, 0.1) is 0 Å². The molecule has 1 unspecified atom stereocenters. The second-order valence-corrected chi connectivity index (χ2v) is 7.38. The van der Waals surface area contributed by atoms with Crippen molar-refractivity contribution in [1.82, 2.24) is 0 Å². The predicted molar refractivity (Wildman–Crippen MR) is 89.0 cm³/mol. The maximum absolute atomic E-state index is 10.1. The van der Waals surface area contributed by atoms with Crippen LogP contribution in [0.4, 0.5) is 0 Å². The standard InChI is InChI=1S/C19H34O2/c1-6-7-8-9-10-17(20)12-14-19(4)13-11-16(15-21-5)18(19,2)3/h16-17,20H,6-11,13,15H2,1-5H3/t16-,17?,19-/m0/s1. The van der Waals surface area contributed by atoms with Crippen LogP contribution in [0.15, 0.2) is 0 Å². The van der Waals surface area contributed by atoms with Crippen molar-refractivity contribution in [2.75, 3.05) is 13.7 Å². The lowest BCUT2D eigenvalue weighted by atomic mass is 9.66. The number of hydrogen-bond donors (Lipinski definition) is 1. The van der Waals surface area contributed by atoms with Gasteiger partial charge in [0.15, 0.2) is 0 Å². The smallest absolute Gasteiger partial charge is 0.114 e. The molecule has 1 saturated carbocycles. The first kappa shape index (κ1) is 18.5. The minimum Gasteiger partial charge on any atom is -0.384 e. The molecule has 2 nitrogen and oxygen atoms in total. The van der Waals surface area contributed by atoms with E-state index in [2.05, 4.69) is 39.5 Å². The fourth-order valence-electron chi connectivity index (χ4n) is 3.39. The first-order valence-corrected chi connectivity index (χ1v) is 8.57. The van der Waals surface area contributed by atoms with Crippen molar-refractivity contribution in [2.45, 2.75) is 78.7 Å². The molecule has 2 heteroatoms. The van der Waals surface area contributed by atoms with E-state index in [9.17, 15) is 5.11 Å². The normalized spacial score (nSPS) is 29.0. The highest BCUT2D eigenvalue weighted by atomic mass is 16.5. The van der Waals surface area contributed by atoms with Crippen molar-refractivity contribution >= 4 is 0 Å². The molecule has 21 heavy (non-hydrogen) atoms. The average Bonchev–Trinajstić information content (AvgIpc) is 2.66. The second kappa shape index (κ2) is 8.20. The fraction of sp³-hybridized carbons (Fsp3) is 0.895. The Morgan fingerprint density at radius 1 is 1.24 bits per heavy atom. The summed E-state index contributed by atoms with van der Waals surface area (Å²) in [6.07, 6.45) is 7.38. The van der Waals surface area contributed by atoms with Crippen LogP contribution in [0.5, 0.6) is 0 Å². The van der Waals surface area contributed by atoms with Gasteiger partial charge in [-0.2, -0.15) is 0 Å². The maximum Gasteiger partial charge on any atom is 0.114 e. The summed E-state index contributed by atoms with van der Waals surface area (Å²) >= 11 is 0. The summed E-state index contributed by atoms with van der Waals surface area (Å²) in [6.45, 7) is 9.86. The van der Waals surface area contributed by atoms with Crippen LogP contribution >= 0.6 is 0 Å². The van der Waals surface area contributed by atoms with Gasteiger partial charge in [0.25, 0.3) is 0 Å². The SMILES string of the molecule is CCCCCCC(O)C#C[C@]1(C)CC[C@@H](COC)C1(C)C. The molecule has 1 rings (SSSR count). The van der Waals surface area contributed by atoms with Crippen molar-refractivity contribution in [1.29, 1.82) is 0 Å². The van der Waals surface area contributed by atoms with Crippen molar-refractivity contribution in [3.8, 4) is 11.8 Å². The third-order valence-electron chi connectivity index (χ3n) is 5.65. The molecule has 1 N–H and O–H groups in total. The predicted octanol–water partition coefficient (Wildman–Crippen LogP) is 4.41. The van der Waals surface area contributed by atoms with Crippen LogP contribution in [-0.4, -0.2) is 24.9 Å². The molecule has 0 heterocycles. The third-order valence-corrected chi connectivity index (χ3v) is 5.65. The van der Waals surface area contributed by atoms with Crippen LogP contribution < -0.4 is 0 Å². The van der Waals surface area contributed by atoms with E-state index in [0.29, 0.717) is 5.92 Å². The van der Waals surface area contributed by atoms with Crippen molar-refractivity contribution < 1.29 is 9.84 Å². The minimum atomic E-state index is -0.462. The van der Waals surface area contributed by atoms with Crippen LogP contribution in [-0.2, 0) is 4.74 Å². The van der Waals surface area contributed by atoms with Crippen LogP contribution in [0, 0.1) is 28.6 Å². The molecule has 0 spiro atoms. The highest BCUT2D eigenvalue weighted by Crippen LogP contribution is 2.55. The van der Waals surface area contributed by atoms with Crippen molar-refractivity contribution in [3.05, 3.63) is 0 Å². The Morgan fingerprint density at radius 3 is 2.57 bits per heavy atom. The van der Waals surface area contributed by atoms with Gasteiger partial charge in [-0.1, -0.05) is 51.9 Å². The highest BCUT2D eigenvalue weighted by Gasteiger charge is 2.50. The monoisotopic (exact) mass is 294 g/mol. The molecule has 3 atom stereocenters. The molecular formula is C19H34O2. The number of ether oxygens (including phenoxy) is 1. The average molecular weight is 294 g/mol. The molecule has 0 aromatic heterocycles. The number of unbranched alkanes of at least 4 members (excludes halogenated alkanes) is 3. The Bertz CT molecular complexity index is 363. The van der Waals surface area contributed by atoms with E-state index in [1.807, 2.05) is 0 Å². The number of aliphatic hydroxyl groups is 1. The Labute approximate surface area is 131 Å². The van der Waals surface area contributed by atoms with Gasteiger partial charge < -0.3 is 9.84 Å². The zero-order valence-electron chi connectivity index (χ0n) is 14.7. The number of hydrogen-bond acceptors (Lipinski definition) is 2. The first-order valence-electron chi connectivity index (χ1n) is 8.57. The summed E-state index contributed by atoms with van der Waals surface area (Å²) in [5.41, 5.74) is 0.124. The molecule has 1 fully saturated rings. The minimum absolute atomic E-state index is 0.0133. The quantitative estimate of drug-likeness (QED) is 0.556. The van der Waals surface area contributed by atoms with Crippen LogP contribution in [0.1, 0.15) is 72.6 Å². The Balaban J connectivity index is 2.59. The molecule has 0 amide bonds. The van der Waals surface area contributed by atoms with Gasteiger partial charge in [0.1, 0.15) is 6.10 Å². The molecule has 122 valence electrons. The van der Waals surface area contributed by atoms with Crippen LogP contribution in [0.3, 0.4) is 0 Å². The summed E-state index contributed by atoms with van der Waals surface area (Å²) in [7, 11) is 1.78. The van der Waals surface area contributed by atoms with E-state index in [4.69, 9.17) is 4.74 Å². The number of rotatable bonds is 7. The summed E-state index contributed by atoms with van der Waals surface area (Å²) in [5, 5.41) is 10.1. The van der Waals surface area contributed by atoms with Gasteiger partial charge >= 0.3 is 0 Å². The van der Waals surface area contributed by atoms with E-state index in [0.717, 1.165) is 25.9 Å². The number of aliphatic hydroxyl groups excluding tert-OH is 1. The molecular weight excluding hydrogens is 260 g/mol. The zero-order valence-corrected chi connectivity index (χ0v) is 14.7. The van der Waals surface area contributed by atoms with Crippen molar-refractivity contribution in [2.24, 2.45) is 16.7 Å². The first-order chi connectivity index (χ1) is 9.87. The van der Waals surface area contributed by atoms with Gasteiger partial charge in [-0.3, -0.25) is 0 Å². The fourth-order valence-corrected chi connectivity index (χ4v) is 3.39. The lowest BCUT2D eigenvalue weighted by Crippen LogP contribution is -2.35. The van der Waals surface area contributed by atoms with Crippen LogP contribution in [0.25, 0.3) is 0 Å². The molecule has 0 bridgehead atoms. The maximum atomic E-state index is 10.1. The van der Waals surface area contributed by atoms with Crippen molar-refractivity contribution in [3.63, 3.8) is 0 Å². The van der Waals surface area contributed by atoms with E-state index in [1.54, 1.807) is 7.11 Å². The van der Waals surface area contributed by atoms with E-state index in [-0.39, 0.29) is 10.8 Å². The molecule has 0 radical (unpaired) electrons. The van der Waals surface area contributed by atoms with E-state index < -0.39 is 6.10 Å². The lowest BCUT2D eigenvalue weighted by Gasteiger charge is -2.38. The second-order valence-electron chi connectivity index (χ2n) is 7.38. The van der Waals surface area contributed by atoms with Gasteiger partial charge in [-0.15, -0.1) is 0 Å². The Morgan fingerprint density at radius 2 is 1.95 bits per heavy atom. The topological polar surface area (TPSA) is 29.5 Å². The summed E-state index contributed by atoms with van der Waals surface area (Å²) in [5.74, 6) is 7.11. The lowest BCUT2D eigenvalue weighted by molar-refractivity contribution is 0.0655. The summed E-state index contributed by atoms with van der Waals surface area (Å²) < 4.78 is 5.36. The van der Waals surface area contributed by atoms with E-state index in [1.165, 1.54) is 25.7 Å². The Kier molecular flexibility index (Phi) is 7.24. The summed E-state index contributed by atoms with van der Waals surface area (Å²) in [4.78, 5) is 0. The highest BCUT2D eigenvalue weighted by molar-refractivity contribution is 5.20. The molecule has 0 aromatic carbocycles. The third kappa shape index (κ3) is 4.73. The summed E-state index contributed by atoms with van der Waals surface area (Å²) in [6, 6.07) is 0. The van der Waals surface area contributed by atoms with Crippen LogP contribution in [0.2, 0.25) is 0 Å². The van der Waals surface area contributed by atoms with Gasteiger partial charge in [-0.25, -0.2) is 0 Å². The number of methoxy groups -OCH3 is 1. The zero-order chi connectivity index (χ0) is 15.9. The molecule has 1 aliphatic rings. The van der Waals surface area contributed by atoms with Gasteiger partial charge in [0, 0.05) is 19.1 Å². The largest absolute Gasteiger partial charge is 0.384 e. The Hall–Kier alpha value is -0.520. The van der Waals surface area contributed by atoms with Gasteiger partial charge in [-0.05, 0) is 43.9 Å². The molecule has 0 aliphatic heterocycles. The molecule has 0 aromatic rings. The van der Waals surface area contributed by atoms with E-state index >= 15 is 0 Å².